The highest BCUT2D eigenvalue weighted by molar-refractivity contribution is 5.96. The van der Waals surface area contributed by atoms with Crippen molar-refractivity contribution in [3.63, 3.8) is 0 Å². The Labute approximate surface area is 91.5 Å². The largest absolute Gasteiger partial charge is 0.327 e. The van der Waals surface area contributed by atoms with Crippen molar-refractivity contribution in [3.8, 4) is 0 Å². The summed E-state index contributed by atoms with van der Waals surface area (Å²) in [6.45, 7) is 4.09. The third kappa shape index (κ3) is 3.48. The molecule has 82 valence electrons. The molecule has 0 radical (unpaired) electrons. The van der Waals surface area contributed by atoms with Crippen LogP contribution in [0.1, 0.15) is 42.6 Å². The summed E-state index contributed by atoms with van der Waals surface area (Å²) in [4.78, 5) is 11.8. The van der Waals surface area contributed by atoms with Gasteiger partial charge in [-0.3, -0.25) is 4.79 Å². The lowest BCUT2D eigenvalue weighted by Gasteiger charge is -2.08. The number of Topliss-reactive ketones (excluding diaryl/α,β-unsaturated/α-hetero) is 1. The zero-order valence-electron chi connectivity index (χ0n) is 9.49. The maximum Gasteiger partial charge on any atom is 0.164 e. The Balaban J connectivity index is 2.73. The van der Waals surface area contributed by atoms with Gasteiger partial charge >= 0.3 is 0 Å². The number of hydrogen-bond acceptors (Lipinski definition) is 2. The molecule has 0 saturated heterocycles. The first-order chi connectivity index (χ1) is 7.17. The molecule has 1 unspecified atom stereocenters. The molecule has 2 heteroatoms. The highest BCUT2D eigenvalue weighted by atomic mass is 16.1. The fourth-order valence-electron chi connectivity index (χ4n) is 1.47. The van der Waals surface area contributed by atoms with Gasteiger partial charge in [0.2, 0.25) is 0 Å². The van der Waals surface area contributed by atoms with Crippen LogP contribution in [0, 0.1) is 0 Å². The van der Waals surface area contributed by atoms with E-state index in [0.29, 0.717) is 6.42 Å². The van der Waals surface area contributed by atoms with Crippen molar-refractivity contribution in [2.75, 3.05) is 0 Å². The Morgan fingerprint density at radius 2 is 2.13 bits per heavy atom. The average Bonchev–Trinajstić information content (AvgIpc) is 2.28. The van der Waals surface area contributed by atoms with Gasteiger partial charge < -0.3 is 5.73 Å². The van der Waals surface area contributed by atoms with Gasteiger partial charge in [0.1, 0.15) is 0 Å². The van der Waals surface area contributed by atoms with Crippen molar-refractivity contribution < 1.29 is 4.79 Å². The van der Waals surface area contributed by atoms with Gasteiger partial charge in [0, 0.05) is 18.0 Å². The van der Waals surface area contributed by atoms with Crippen LogP contribution in [0.15, 0.2) is 24.3 Å². The molecule has 0 aliphatic rings. The predicted octanol–water partition coefficient (Wildman–Crippen LogP) is 2.56. The third-order valence-electron chi connectivity index (χ3n) is 2.63. The minimum absolute atomic E-state index is 0.0113. The summed E-state index contributed by atoms with van der Waals surface area (Å²) in [6.07, 6.45) is 2.25. The Morgan fingerprint density at radius 1 is 1.40 bits per heavy atom. The highest BCUT2D eigenvalue weighted by Gasteiger charge is 2.10. The molecule has 1 rings (SSSR count). The molecular formula is C13H19NO. The number of carbonyl (C=O) groups excluding carboxylic acids is 1. The van der Waals surface area contributed by atoms with E-state index in [9.17, 15) is 4.79 Å². The average molecular weight is 205 g/mol. The second-order valence-electron chi connectivity index (χ2n) is 3.85. The van der Waals surface area contributed by atoms with Crippen LogP contribution in [-0.2, 0) is 6.42 Å². The molecule has 0 spiro atoms. The molecule has 2 nitrogen and oxygen atoms in total. The van der Waals surface area contributed by atoms with Crippen LogP contribution in [0.3, 0.4) is 0 Å². The fraction of sp³-hybridized carbons (Fsp3) is 0.462. The van der Waals surface area contributed by atoms with Crippen LogP contribution in [-0.4, -0.2) is 11.8 Å². The van der Waals surface area contributed by atoms with Crippen LogP contribution in [0.2, 0.25) is 0 Å². The van der Waals surface area contributed by atoms with Crippen LogP contribution in [0.5, 0.6) is 0 Å². The van der Waals surface area contributed by atoms with Gasteiger partial charge in [0.05, 0.1) is 0 Å². The van der Waals surface area contributed by atoms with E-state index in [4.69, 9.17) is 5.73 Å². The fourth-order valence-corrected chi connectivity index (χ4v) is 1.47. The molecule has 1 aromatic rings. The molecule has 0 bridgehead atoms. The number of nitrogens with two attached hydrogens (primary N) is 1. The van der Waals surface area contributed by atoms with Gasteiger partial charge in [-0.25, -0.2) is 0 Å². The van der Waals surface area contributed by atoms with Gasteiger partial charge in [-0.15, -0.1) is 0 Å². The normalized spacial score (nSPS) is 12.5. The summed E-state index contributed by atoms with van der Waals surface area (Å²) >= 11 is 0. The first-order valence-corrected chi connectivity index (χ1v) is 5.55. The molecular weight excluding hydrogens is 186 g/mol. The van der Waals surface area contributed by atoms with Gasteiger partial charge in [0.25, 0.3) is 0 Å². The van der Waals surface area contributed by atoms with Gasteiger partial charge in [-0.05, 0) is 24.5 Å². The minimum atomic E-state index is -0.0113. The van der Waals surface area contributed by atoms with Crippen molar-refractivity contribution in [1.82, 2.24) is 0 Å². The lowest BCUT2D eigenvalue weighted by Crippen LogP contribution is -2.22. The summed E-state index contributed by atoms with van der Waals surface area (Å²) in [5.74, 6) is 0.152. The highest BCUT2D eigenvalue weighted by Crippen LogP contribution is 2.10. The maximum absolute atomic E-state index is 11.8. The van der Waals surface area contributed by atoms with Crippen molar-refractivity contribution in [2.24, 2.45) is 5.73 Å². The summed E-state index contributed by atoms with van der Waals surface area (Å²) < 4.78 is 0. The van der Waals surface area contributed by atoms with E-state index >= 15 is 0 Å². The second kappa shape index (κ2) is 5.66. The van der Waals surface area contributed by atoms with E-state index < -0.39 is 0 Å². The van der Waals surface area contributed by atoms with Crippen molar-refractivity contribution in [2.45, 2.75) is 39.2 Å². The standard InChI is InChI=1S/C13H19NO/c1-3-10-6-5-7-11(8-10)13(15)9-12(14)4-2/h5-8,12H,3-4,9,14H2,1-2H3. The monoisotopic (exact) mass is 205 g/mol. The van der Waals surface area contributed by atoms with E-state index in [1.807, 2.05) is 31.2 Å². The van der Waals surface area contributed by atoms with E-state index in [1.165, 1.54) is 5.56 Å². The Bertz CT molecular complexity index is 333. The van der Waals surface area contributed by atoms with Crippen LogP contribution < -0.4 is 5.73 Å². The molecule has 2 N–H and O–H groups in total. The van der Waals surface area contributed by atoms with Gasteiger partial charge in [-0.1, -0.05) is 32.0 Å². The number of aryl methyl sites for hydroxylation is 1. The number of rotatable bonds is 5. The zero-order chi connectivity index (χ0) is 11.3. The molecule has 0 aromatic heterocycles. The molecule has 0 aliphatic heterocycles. The molecule has 0 aliphatic carbocycles. The molecule has 0 fully saturated rings. The smallest absolute Gasteiger partial charge is 0.164 e. The summed E-state index contributed by atoms with van der Waals surface area (Å²) in [5, 5.41) is 0. The van der Waals surface area contributed by atoms with Crippen molar-refractivity contribution in [1.29, 1.82) is 0 Å². The van der Waals surface area contributed by atoms with Crippen LogP contribution in [0.25, 0.3) is 0 Å². The Hall–Kier alpha value is -1.15. The quantitative estimate of drug-likeness (QED) is 0.751. The molecule has 1 aromatic carbocycles. The maximum atomic E-state index is 11.8. The first-order valence-electron chi connectivity index (χ1n) is 5.55. The SMILES string of the molecule is CCc1cccc(C(=O)CC(N)CC)c1. The predicted molar refractivity (Wildman–Crippen MR) is 63.0 cm³/mol. The van der Waals surface area contributed by atoms with E-state index in [1.54, 1.807) is 0 Å². The van der Waals surface area contributed by atoms with Gasteiger partial charge in [-0.2, -0.15) is 0 Å². The van der Waals surface area contributed by atoms with Crippen molar-refractivity contribution in [3.05, 3.63) is 35.4 Å². The van der Waals surface area contributed by atoms with Crippen LogP contribution in [0.4, 0.5) is 0 Å². The molecule has 15 heavy (non-hydrogen) atoms. The Morgan fingerprint density at radius 3 is 2.73 bits per heavy atom. The summed E-state index contributed by atoms with van der Waals surface area (Å²) in [7, 11) is 0. The molecule has 1 atom stereocenters. The summed E-state index contributed by atoms with van der Waals surface area (Å²) in [6, 6.07) is 7.79. The number of hydrogen-bond donors (Lipinski definition) is 1. The Kier molecular flexibility index (Phi) is 4.50. The summed E-state index contributed by atoms with van der Waals surface area (Å²) in [5.41, 5.74) is 7.75. The van der Waals surface area contributed by atoms with Crippen molar-refractivity contribution >= 4 is 5.78 Å². The third-order valence-corrected chi connectivity index (χ3v) is 2.63. The lowest BCUT2D eigenvalue weighted by atomic mass is 10.0. The minimum Gasteiger partial charge on any atom is -0.327 e. The number of benzene rings is 1. The topological polar surface area (TPSA) is 43.1 Å². The number of ketones is 1. The van der Waals surface area contributed by atoms with E-state index in [-0.39, 0.29) is 11.8 Å². The second-order valence-corrected chi connectivity index (χ2v) is 3.85. The molecule has 0 amide bonds. The first kappa shape index (κ1) is 11.9. The molecule has 0 saturated carbocycles. The zero-order valence-corrected chi connectivity index (χ0v) is 9.49. The lowest BCUT2D eigenvalue weighted by molar-refractivity contribution is 0.0974. The number of carbonyl (C=O) groups is 1. The van der Waals surface area contributed by atoms with E-state index in [2.05, 4.69) is 6.92 Å². The van der Waals surface area contributed by atoms with E-state index in [0.717, 1.165) is 18.4 Å². The molecule has 0 heterocycles. The van der Waals surface area contributed by atoms with Crippen LogP contribution >= 0.6 is 0 Å². The van der Waals surface area contributed by atoms with Gasteiger partial charge in [0.15, 0.2) is 5.78 Å².